The molecule has 5 aromatic rings. The third-order valence-corrected chi connectivity index (χ3v) is 5.92. The van der Waals surface area contributed by atoms with E-state index in [4.69, 9.17) is 15.6 Å². The Morgan fingerprint density at radius 2 is 2.03 bits per heavy atom. The topological polar surface area (TPSA) is 95.3 Å². The smallest absolute Gasteiger partial charge is 0.151 e. The molecule has 3 N–H and O–H groups in total. The highest BCUT2D eigenvalue weighted by Crippen LogP contribution is 2.34. The Morgan fingerprint density at radius 1 is 1.12 bits per heavy atom. The van der Waals surface area contributed by atoms with Crippen LogP contribution < -0.4 is 11.1 Å². The van der Waals surface area contributed by atoms with E-state index in [1.165, 1.54) is 11.9 Å². The number of anilines is 1. The molecule has 1 unspecified atom stereocenters. The first kappa shape index (κ1) is 19.0. The monoisotopic (exact) mass is 425 g/mol. The van der Waals surface area contributed by atoms with Crippen LogP contribution in [0.2, 0.25) is 0 Å². The SMILES string of the molecule is Nc1ncnn2c(C3CNCCO3)cc(-c3ccc4cn(Cc5ccccc5)nc4c3)c12. The second kappa shape index (κ2) is 7.74. The summed E-state index contributed by atoms with van der Waals surface area (Å²) in [6.07, 6.45) is 3.47. The molecule has 2 aromatic carbocycles. The maximum atomic E-state index is 6.29. The van der Waals surface area contributed by atoms with Gasteiger partial charge in [-0.2, -0.15) is 10.2 Å². The van der Waals surface area contributed by atoms with Gasteiger partial charge in [-0.25, -0.2) is 9.50 Å². The molecule has 0 saturated carbocycles. The van der Waals surface area contributed by atoms with Crippen LogP contribution in [-0.2, 0) is 11.3 Å². The van der Waals surface area contributed by atoms with Crippen LogP contribution in [0.25, 0.3) is 27.5 Å². The van der Waals surface area contributed by atoms with E-state index in [0.29, 0.717) is 12.4 Å². The Labute approximate surface area is 184 Å². The van der Waals surface area contributed by atoms with E-state index < -0.39 is 0 Å². The number of hydrogen-bond acceptors (Lipinski definition) is 6. The second-order valence-corrected chi connectivity index (χ2v) is 8.04. The molecule has 1 aliphatic heterocycles. The van der Waals surface area contributed by atoms with Gasteiger partial charge in [0.05, 0.1) is 24.4 Å². The molecule has 0 amide bonds. The summed E-state index contributed by atoms with van der Waals surface area (Å²) in [5, 5.41) is 13.8. The number of rotatable bonds is 4. The first-order chi connectivity index (χ1) is 15.8. The summed E-state index contributed by atoms with van der Waals surface area (Å²) in [5.41, 5.74) is 12.2. The number of nitrogen functional groups attached to an aromatic ring is 1. The van der Waals surface area contributed by atoms with Crippen molar-refractivity contribution in [2.45, 2.75) is 12.6 Å². The fraction of sp³-hybridized carbons (Fsp3) is 0.208. The lowest BCUT2D eigenvalue weighted by Gasteiger charge is -2.23. The molecule has 3 aromatic heterocycles. The van der Waals surface area contributed by atoms with E-state index in [2.05, 4.69) is 58.0 Å². The Balaban J connectivity index is 1.43. The van der Waals surface area contributed by atoms with Crippen molar-refractivity contribution in [1.29, 1.82) is 0 Å². The largest absolute Gasteiger partial charge is 0.382 e. The van der Waals surface area contributed by atoms with E-state index >= 15 is 0 Å². The number of morpholine rings is 1. The van der Waals surface area contributed by atoms with Gasteiger partial charge in [0.15, 0.2) is 5.82 Å². The standard InChI is InChI=1S/C24H23N7O/c25-24-23-19(11-21(31(23)28-15-27-24)22-12-26-8-9-32-22)17-6-7-18-14-30(29-20(18)10-17)13-16-4-2-1-3-5-16/h1-7,10-11,14-15,22,26H,8-9,12-13H2,(H2,25,27,28). The minimum Gasteiger partial charge on any atom is -0.382 e. The van der Waals surface area contributed by atoms with Gasteiger partial charge < -0.3 is 15.8 Å². The minimum absolute atomic E-state index is 0.0897. The highest BCUT2D eigenvalue weighted by molar-refractivity contribution is 5.92. The summed E-state index contributed by atoms with van der Waals surface area (Å²) >= 11 is 0. The van der Waals surface area contributed by atoms with Crippen LogP contribution in [0.1, 0.15) is 17.4 Å². The number of nitrogens with one attached hydrogen (secondary N) is 1. The lowest BCUT2D eigenvalue weighted by molar-refractivity contribution is 0.0240. The van der Waals surface area contributed by atoms with Crippen LogP contribution in [-0.4, -0.2) is 44.1 Å². The Bertz CT molecular complexity index is 1400. The van der Waals surface area contributed by atoms with Crippen LogP contribution >= 0.6 is 0 Å². The molecule has 4 heterocycles. The average Bonchev–Trinajstić information content (AvgIpc) is 3.41. The van der Waals surface area contributed by atoms with Gasteiger partial charge in [0, 0.05) is 30.2 Å². The number of ether oxygens (including phenoxy) is 1. The number of hydrogen-bond donors (Lipinski definition) is 2. The Kier molecular flexibility index (Phi) is 4.59. The fourth-order valence-corrected chi connectivity index (χ4v) is 4.38. The van der Waals surface area contributed by atoms with E-state index in [1.807, 2.05) is 27.4 Å². The van der Waals surface area contributed by atoms with Crippen molar-refractivity contribution >= 4 is 22.2 Å². The van der Waals surface area contributed by atoms with Crippen molar-refractivity contribution in [3.8, 4) is 11.1 Å². The zero-order valence-electron chi connectivity index (χ0n) is 17.5. The lowest BCUT2D eigenvalue weighted by Crippen LogP contribution is -2.34. The maximum Gasteiger partial charge on any atom is 0.151 e. The lowest BCUT2D eigenvalue weighted by atomic mass is 10.0. The van der Waals surface area contributed by atoms with Crippen molar-refractivity contribution in [3.05, 3.63) is 78.4 Å². The van der Waals surface area contributed by atoms with E-state index in [0.717, 1.165) is 52.9 Å². The Morgan fingerprint density at radius 3 is 2.88 bits per heavy atom. The molecule has 6 rings (SSSR count). The third kappa shape index (κ3) is 3.30. The van der Waals surface area contributed by atoms with Crippen molar-refractivity contribution in [2.75, 3.05) is 25.4 Å². The number of aromatic nitrogens is 5. The molecule has 1 atom stereocenters. The van der Waals surface area contributed by atoms with E-state index in [1.54, 1.807) is 0 Å². The number of fused-ring (bicyclic) bond motifs is 2. The quantitative estimate of drug-likeness (QED) is 0.460. The van der Waals surface area contributed by atoms with E-state index in [9.17, 15) is 0 Å². The molecule has 1 fully saturated rings. The molecular formula is C24H23N7O. The van der Waals surface area contributed by atoms with Crippen LogP contribution in [0, 0.1) is 0 Å². The van der Waals surface area contributed by atoms with E-state index in [-0.39, 0.29) is 6.10 Å². The van der Waals surface area contributed by atoms with Gasteiger partial charge in [0.2, 0.25) is 0 Å². The molecule has 8 heteroatoms. The highest BCUT2D eigenvalue weighted by atomic mass is 16.5. The summed E-state index contributed by atoms with van der Waals surface area (Å²) in [7, 11) is 0. The zero-order valence-corrected chi connectivity index (χ0v) is 17.5. The van der Waals surface area contributed by atoms with Crippen molar-refractivity contribution < 1.29 is 4.74 Å². The molecule has 0 bridgehead atoms. The van der Waals surface area contributed by atoms with Gasteiger partial charge in [0.25, 0.3) is 0 Å². The summed E-state index contributed by atoms with van der Waals surface area (Å²) < 4.78 is 9.82. The fourth-order valence-electron chi connectivity index (χ4n) is 4.38. The predicted octanol–water partition coefficient (Wildman–Crippen LogP) is 3.04. The molecule has 0 spiro atoms. The first-order valence-electron chi connectivity index (χ1n) is 10.7. The van der Waals surface area contributed by atoms with Gasteiger partial charge >= 0.3 is 0 Å². The molecule has 32 heavy (non-hydrogen) atoms. The van der Waals surface area contributed by atoms with Crippen LogP contribution in [0.15, 0.2) is 67.1 Å². The highest BCUT2D eigenvalue weighted by Gasteiger charge is 2.24. The third-order valence-electron chi connectivity index (χ3n) is 5.92. The molecule has 8 nitrogen and oxygen atoms in total. The van der Waals surface area contributed by atoms with Gasteiger partial charge in [-0.15, -0.1) is 0 Å². The molecule has 160 valence electrons. The first-order valence-corrected chi connectivity index (χ1v) is 10.7. The Hall–Kier alpha value is -3.75. The molecular weight excluding hydrogens is 402 g/mol. The normalized spacial score (nSPS) is 16.7. The minimum atomic E-state index is -0.0897. The van der Waals surface area contributed by atoms with Crippen molar-refractivity contribution in [3.63, 3.8) is 0 Å². The van der Waals surface area contributed by atoms with Gasteiger partial charge in [-0.05, 0) is 23.3 Å². The summed E-state index contributed by atoms with van der Waals surface area (Å²) in [5.74, 6) is 0.444. The molecule has 1 saturated heterocycles. The summed E-state index contributed by atoms with van der Waals surface area (Å²) in [4.78, 5) is 4.23. The van der Waals surface area contributed by atoms with Crippen LogP contribution in [0.3, 0.4) is 0 Å². The van der Waals surface area contributed by atoms with Crippen molar-refractivity contribution in [2.24, 2.45) is 0 Å². The van der Waals surface area contributed by atoms with Crippen LogP contribution in [0.4, 0.5) is 5.82 Å². The molecule has 0 aliphatic carbocycles. The van der Waals surface area contributed by atoms with Gasteiger partial charge in [-0.3, -0.25) is 4.68 Å². The van der Waals surface area contributed by atoms with Gasteiger partial charge in [-0.1, -0.05) is 42.5 Å². The molecule has 1 aliphatic rings. The summed E-state index contributed by atoms with van der Waals surface area (Å²) in [6, 6.07) is 18.7. The maximum absolute atomic E-state index is 6.29. The summed E-state index contributed by atoms with van der Waals surface area (Å²) in [6.45, 7) is 2.99. The number of nitrogens with two attached hydrogens (primary N) is 1. The zero-order chi connectivity index (χ0) is 21.5. The molecule has 0 radical (unpaired) electrons. The average molecular weight is 425 g/mol. The number of benzene rings is 2. The van der Waals surface area contributed by atoms with Crippen LogP contribution in [0.5, 0.6) is 0 Å². The van der Waals surface area contributed by atoms with Crippen molar-refractivity contribution in [1.82, 2.24) is 29.7 Å². The van der Waals surface area contributed by atoms with Gasteiger partial charge in [0.1, 0.15) is 17.9 Å². The predicted molar refractivity (Wildman–Crippen MR) is 123 cm³/mol. The number of nitrogens with zero attached hydrogens (tertiary/aromatic N) is 5. The second-order valence-electron chi connectivity index (χ2n) is 8.04.